The lowest BCUT2D eigenvalue weighted by molar-refractivity contribution is -0.118. The summed E-state index contributed by atoms with van der Waals surface area (Å²) in [5.74, 6) is 1.96. The van der Waals surface area contributed by atoms with Crippen LogP contribution in [0.15, 0.2) is 28.1 Å². The van der Waals surface area contributed by atoms with Crippen molar-refractivity contribution in [1.29, 1.82) is 0 Å². The number of rotatable bonds is 8. The maximum absolute atomic E-state index is 11.8. The molecular weight excluding hydrogens is 346 g/mol. The predicted octanol–water partition coefficient (Wildman–Crippen LogP) is 2.08. The molecule has 6 nitrogen and oxygen atoms in total. The lowest BCUT2D eigenvalue weighted by Crippen LogP contribution is -2.41. The molecule has 0 radical (unpaired) electrons. The Kier molecular flexibility index (Phi) is 6.71. The number of morpholine rings is 1. The van der Waals surface area contributed by atoms with E-state index in [1.807, 2.05) is 23.6 Å². The second kappa shape index (κ2) is 9.22. The zero-order valence-electron chi connectivity index (χ0n) is 13.4. The Morgan fingerprint density at radius 1 is 1.42 bits per heavy atom. The highest BCUT2D eigenvalue weighted by Gasteiger charge is 2.11. The molecule has 1 fully saturated rings. The van der Waals surface area contributed by atoms with Gasteiger partial charge in [0, 0.05) is 38.0 Å². The molecule has 1 amide bonds. The van der Waals surface area contributed by atoms with Crippen LogP contribution >= 0.6 is 23.1 Å². The van der Waals surface area contributed by atoms with E-state index in [0.717, 1.165) is 49.2 Å². The van der Waals surface area contributed by atoms with Gasteiger partial charge in [-0.25, -0.2) is 0 Å². The van der Waals surface area contributed by atoms with Crippen molar-refractivity contribution >= 4 is 29.0 Å². The van der Waals surface area contributed by atoms with Gasteiger partial charge in [-0.3, -0.25) is 9.69 Å². The van der Waals surface area contributed by atoms with Crippen LogP contribution in [0, 0.1) is 0 Å². The molecule has 0 saturated carbocycles. The van der Waals surface area contributed by atoms with Crippen LogP contribution in [-0.2, 0) is 15.3 Å². The Morgan fingerprint density at radius 2 is 2.29 bits per heavy atom. The number of carbonyl (C=O) groups excluding carboxylic acids is 1. The third-order valence-electron chi connectivity index (χ3n) is 3.66. The second-order valence-electron chi connectivity index (χ2n) is 5.46. The standard InChI is InChI=1S/C16H21N3O3S2/c20-16(17-3-4-19-5-7-21-8-6-19)12-23-11-13-10-14(22-18-13)15-2-1-9-24-15/h1-2,9-10H,3-8,11-12H2,(H,17,20). The van der Waals surface area contributed by atoms with Gasteiger partial charge in [-0.05, 0) is 11.4 Å². The van der Waals surface area contributed by atoms with E-state index >= 15 is 0 Å². The zero-order valence-corrected chi connectivity index (χ0v) is 15.0. The molecule has 3 rings (SSSR count). The van der Waals surface area contributed by atoms with E-state index in [0.29, 0.717) is 18.1 Å². The van der Waals surface area contributed by atoms with Crippen LogP contribution in [0.2, 0.25) is 0 Å². The Balaban J connectivity index is 1.30. The third-order valence-corrected chi connectivity index (χ3v) is 5.51. The van der Waals surface area contributed by atoms with Crippen molar-refractivity contribution in [2.45, 2.75) is 5.75 Å². The monoisotopic (exact) mass is 367 g/mol. The average molecular weight is 367 g/mol. The fourth-order valence-corrected chi connectivity index (χ4v) is 3.80. The summed E-state index contributed by atoms with van der Waals surface area (Å²) in [4.78, 5) is 15.2. The molecule has 130 valence electrons. The molecule has 2 aromatic rings. The van der Waals surface area contributed by atoms with E-state index in [4.69, 9.17) is 9.26 Å². The van der Waals surface area contributed by atoms with Gasteiger partial charge in [0.2, 0.25) is 5.91 Å². The van der Waals surface area contributed by atoms with Crippen molar-refractivity contribution in [2.75, 3.05) is 45.1 Å². The Morgan fingerprint density at radius 3 is 3.08 bits per heavy atom. The van der Waals surface area contributed by atoms with E-state index in [1.54, 1.807) is 23.1 Å². The first-order valence-corrected chi connectivity index (χ1v) is 9.99. The van der Waals surface area contributed by atoms with Crippen molar-refractivity contribution < 1.29 is 14.1 Å². The minimum atomic E-state index is 0.0650. The zero-order chi connectivity index (χ0) is 16.6. The van der Waals surface area contributed by atoms with Crippen LogP contribution in [0.1, 0.15) is 5.69 Å². The number of hydrogen-bond donors (Lipinski definition) is 1. The molecule has 2 aromatic heterocycles. The van der Waals surface area contributed by atoms with E-state index in [-0.39, 0.29) is 5.91 Å². The van der Waals surface area contributed by atoms with Gasteiger partial charge in [-0.1, -0.05) is 11.2 Å². The molecule has 1 N–H and O–H groups in total. The molecule has 3 heterocycles. The first kappa shape index (κ1) is 17.5. The van der Waals surface area contributed by atoms with Crippen molar-refractivity contribution in [1.82, 2.24) is 15.4 Å². The highest BCUT2D eigenvalue weighted by molar-refractivity contribution is 7.99. The number of ether oxygens (including phenoxy) is 1. The maximum Gasteiger partial charge on any atom is 0.230 e. The topological polar surface area (TPSA) is 67.6 Å². The van der Waals surface area contributed by atoms with E-state index < -0.39 is 0 Å². The molecule has 0 aliphatic carbocycles. The molecule has 8 heteroatoms. The summed E-state index contributed by atoms with van der Waals surface area (Å²) in [6.07, 6.45) is 0. The van der Waals surface area contributed by atoms with E-state index in [9.17, 15) is 4.79 Å². The number of thioether (sulfide) groups is 1. The Hall–Kier alpha value is -1.35. The smallest absolute Gasteiger partial charge is 0.230 e. The van der Waals surface area contributed by atoms with Gasteiger partial charge < -0.3 is 14.6 Å². The van der Waals surface area contributed by atoms with Gasteiger partial charge in [0.05, 0.1) is 29.5 Å². The number of nitrogens with one attached hydrogen (secondary N) is 1. The highest BCUT2D eigenvalue weighted by atomic mass is 32.2. The van der Waals surface area contributed by atoms with Gasteiger partial charge in [-0.2, -0.15) is 0 Å². The molecule has 24 heavy (non-hydrogen) atoms. The van der Waals surface area contributed by atoms with E-state index in [1.165, 1.54) is 0 Å². The highest BCUT2D eigenvalue weighted by Crippen LogP contribution is 2.26. The first-order valence-electron chi connectivity index (χ1n) is 7.95. The fourth-order valence-electron chi connectivity index (χ4n) is 2.39. The van der Waals surface area contributed by atoms with Crippen molar-refractivity contribution in [3.63, 3.8) is 0 Å². The van der Waals surface area contributed by atoms with E-state index in [2.05, 4.69) is 15.4 Å². The van der Waals surface area contributed by atoms with Crippen molar-refractivity contribution in [3.8, 4) is 10.6 Å². The number of hydrogen-bond acceptors (Lipinski definition) is 7. The van der Waals surface area contributed by atoms with Crippen LogP contribution in [-0.4, -0.2) is 61.1 Å². The average Bonchev–Trinajstić information content (AvgIpc) is 3.27. The molecule has 0 bridgehead atoms. The van der Waals surface area contributed by atoms with Gasteiger partial charge in [0.25, 0.3) is 0 Å². The summed E-state index contributed by atoms with van der Waals surface area (Å²) in [6, 6.07) is 5.93. The summed E-state index contributed by atoms with van der Waals surface area (Å²) >= 11 is 3.17. The molecule has 0 aromatic carbocycles. The molecule has 1 saturated heterocycles. The lowest BCUT2D eigenvalue weighted by atomic mass is 10.3. The van der Waals surface area contributed by atoms with Crippen LogP contribution in [0.4, 0.5) is 0 Å². The van der Waals surface area contributed by atoms with Gasteiger partial charge in [0.1, 0.15) is 0 Å². The van der Waals surface area contributed by atoms with Gasteiger partial charge >= 0.3 is 0 Å². The van der Waals surface area contributed by atoms with Crippen LogP contribution in [0.3, 0.4) is 0 Å². The van der Waals surface area contributed by atoms with Crippen molar-refractivity contribution in [3.05, 3.63) is 29.3 Å². The summed E-state index contributed by atoms with van der Waals surface area (Å²) in [6.45, 7) is 5.04. The largest absolute Gasteiger partial charge is 0.379 e. The molecule has 0 spiro atoms. The summed E-state index contributed by atoms with van der Waals surface area (Å²) in [7, 11) is 0. The summed E-state index contributed by atoms with van der Waals surface area (Å²) < 4.78 is 10.6. The third kappa shape index (κ3) is 5.34. The number of nitrogens with zero attached hydrogens (tertiary/aromatic N) is 2. The number of thiophene rings is 1. The quantitative estimate of drug-likeness (QED) is 0.771. The van der Waals surface area contributed by atoms with Crippen LogP contribution < -0.4 is 5.32 Å². The number of carbonyl (C=O) groups is 1. The van der Waals surface area contributed by atoms with Crippen LogP contribution in [0.25, 0.3) is 10.6 Å². The lowest BCUT2D eigenvalue weighted by Gasteiger charge is -2.26. The first-order chi connectivity index (χ1) is 11.8. The molecule has 1 aliphatic heterocycles. The molecule has 1 aliphatic rings. The Labute approximate surface area is 149 Å². The SMILES string of the molecule is O=C(CSCc1cc(-c2cccs2)on1)NCCN1CCOCC1. The minimum absolute atomic E-state index is 0.0650. The summed E-state index contributed by atoms with van der Waals surface area (Å²) in [5.41, 5.74) is 0.865. The van der Waals surface area contributed by atoms with Gasteiger partial charge in [0.15, 0.2) is 5.76 Å². The second-order valence-corrected chi connectivity index (χ2v) is 7.39. The van der Waals surface area contributed by atoms with Gasteiger partial charge in [-0.15, -0.1) is 23.1 Å². The van der Waals surface area contributed by atoms with Crippen molar-refractivity contribution in [2.24, 2.45) is 0 Å². The normalized spacial score (nSPS) is 15.5. The number of amides is 1. The molecular formula is C16H21N3O3S2. The summed E-state index contributed by atoms with van der Waals surface area (Å²) in [5, 5.41) is 9.02. The predicted molar refractivity (Wildman–Crippen MR) is 96.2 cm³/mol. The number of aromatic nitrogens is 1. The molecule has 0 unspecified atom stereocenters. The Bertz CT molecular complexity index is 624. The maximum atomic E-state index is 11.8. The fraction of sp³-hybridized carbons (Fsp3) is 0.500. The molecule has 0 atom stereocenters. The van der Waals surface area contributed by atoms with Crippen LogP contribution in [0.5, 0.6) is 0 Å². The minimum Gasteiger partial charge on any atom is -0.379 e.